The number of aryl methyl sites for hydroxylation is 2. The number of hydrogen-bond acceptors (Lipinski definition) is 2. The van der Waals surface area contributed by atoms with Crippen molar-refractivity contribution in [3.63, 3.8) is 0 Å². The van der Waals surface area contributed by atoms with Crippen molar-refractivity contribution in [1.82, 2.24) is 9.78 Å². The summed E-state index contributed by atoms with van der Waals surface area (Å²) in [4.78, 5) is 0. The van der Waals surface area contributed by atoms with Crippen LogP contribution in [-0.2, 0) is 7.05 Å². The SMILES string of the molecule is Cc1cccc2c(N)n(C)nc12. The summed E-state index contributed by atoms with van der Waals surface area (Å²) in [6.45, 7) is 2.04. The summed E-state index contributed by atoms with van der Waals surface area (Å²) in [6, 6.07) is 6.02. The maximum atomic E-state index is 5.81. The lowest BCUT2D eigenvalue weighted by Crippen LogP contribution is -1.96. The molecule has 3 heteroatoms. The van der Waals surface area contributed by atoms with Gasteiger partial charge in [0.05, 0.1) is 5.52 Å². The van der Waals surface area contributed by atoms with Gasteiger partial charge >= 0.3 is 0 Å². The number of fused-ring (bicyclic) bond motifs is 1. The third-order valence-electron chi connectivity index (χ3n) is 2.11. The van der Waals surface area contributed by atoms with E-state index < -0.39 is 0 Å². The molecule has 0 radical (unpaired) electrons. The van der Waals surface area contributed by atoms with Crippen molar-refractivity contribution in [2.75, 3.05) is 5.73 Å². The zero-order valence-corrected chi connectivity index (χ0v) is 7.20. The van der Waals surface area contributed by atoms with E-state index in [1.165, 1.54) is 5.56 Å². The van der Waals surface area contributed by atoms with Crippen LogP contribution in [0.5, 0.6) is 0 Å². The molecule has 0 aliphatic carbocycles. The van der Waals surface area contributed by atoms with Gasteiger partial charge in [-0.2, -0.15) is 5.10 Å². The Labute approximate surface area is 70.8 Å². The van der Waals surface area contributed by atoms with Gasteiger partial charge in [0.2, 0.25) is 0 Å². The monoisotopic (exact) mass is 161 g/mol. The van der Waals surface area contributed by atoms with E-state index in [2.05, 4.69) is 5.10 Å². The molecule has 62 valence electrons. The molecule has 2 aromatic rings. The number of nitrogen functional groups attached to an aromatic ring is 1. The minimum absolute atomic E-state index is 0.730. The Morgan fingerprint density at radius 1 is 1.42 bits per heavy atom. The molecule has 1 aromatic heterocycles. The van der Waals surface area contributed by atoms with Gasteiger partial charge in [0.15, 0.2) is 0 Å². The number of rotatable bonds is 0. The Balaban J connectivity index is 2.95. The predicted octanol–water partition coefficient (Wildman–Crippen LogP) is 1.46. The van der Waals surface area contributed by atoms with Crippen molar-refractivity contribution in [2.24, 2.45) is 7.05 Å². The van der Waals surface area contributed by atoms with Gasteiger partial charge in [0.25, 0.3) is 0 Å². The molecule has 0 fully saturated rings. The van der Waals surface area contributed by atoms with Crippen LogP contribution in [0.2, 0.25) is 0 Å². The van der Waals surface area contributed by atoms with Gasteiger partial charge in [-0.3, -0.25) is 4.68 Å². The zero-order chi connectivity index (χ0) is 8.72. The Bertz CT molecular complexity index is 429. The van der Waals surface area contributed by atoms with Crippen molar-refractivity contribution in [3.8, 4) is 0 Å². The molecular weight excluding hydrogens is 150 g/mol. The summed E-state index contributed by atoms with van der Waals surface area (Å²) in [6.07, 6.45) is 0. The quantitative estimate of drug-likeness (QED) is 0.635. The van der Waals surface area contributed by atoms with Crippen LogP contribution < -0.4 is 5.73 Å². The minimum atomic E-state index is 0.730. The molecule has 0 bridgehead atoms. The van der Waals surface area contributed by atoms with E-state index in [1.807, 2.05) is 32.2 Å². The van der Waals surface area contributed by atoms with Crippen LogP contribution in [0.25, 0.3) is 10.9 Å². The Kier molecular flexibility index (Phi) is 1.33. The highest BCUT2D eigenvalue weighted by Gasteiger charge is 2.05. The Morgan fingerprint density at radius 3 is 2.83 bits per heavy atom. The highest BCUT2D eigenvalue weighted by Crippen LogP contribution is 2.21. The standard InChI is InChI=1S/C9H11N3/c1-6-4-3-5-7-8(6)11-12(2)9(7)10/h3-5H,10H2,1-2H3. The third kappa shape index (κ3) is 0.794. The van der Waals surface area contributed by atoms with Crippen molar-refractivity contribution < 1.29 is 0 Å². The molecular formula is C9H11N3. The van der Waals surface area contributed by atoms with E-state index in [0.717, 1.165) is 16.7 Å². The summed E-state index contributed by atoms with van der Waals surface area (Å²) in [7, 11) is 1.86. The van der Waals surface area contributed by atoms with Gasteiger partial charge in [0, 0.05) is 12.4 Å². The van der Waals surface area contributed by atoms with Crippen LogP contribution in [0.3, 0.4) is 0 Å². The summed E-state index contributed by atoms with van der Waals surface area (Å²) < 4.78 is 1.71. The number of nitrogens with two attached hydrogens (primary N) is 1. The van der Waals surface area contributed by atoms with E-state index >= 15 is 0 Å². The van der Waals surface area contributed by atoms with E-state index in [9.17, 15) is 0 Å². The molecule has 1 aromatic carbocycles. The maximum Gasteiger partial charge on any atom is 0.129 e. The van der Waals surface area contributed by atoms with Gasteiger partial charge in [0.1, 0.15) is 5.82 Å². The lowest BCUT2D eigenvalue weighted by Gasteiger charge is -1.92. The highest BCUT2D eigenvalue weighted by molar-refractivity contribution is 5.90. The van der Waals surface area contributed by atoms with Crippen LogP contribution in [0.1, 0.15) is 5.56 Å². The number of aromatic nitrogens is 2. The van der Waals surface area contributed by atoms with Crippen LogP contribution in [-0.4, -0.2) is 9.78 Å². The van der Waals surface area contributed by atoms with Crippen molar-refractivity contribution in [3.05, 3.63) is 23.8 Å². The normalized spacial score (nSPS) is 10.8. The molecule has 0 unspecified atom stereocenters. The third-order valence-corrected chi connectivity index (χ3v) is 2.11. The molecule has 0 atom stereocenters. The topological polar surface area (TPSA) is 43.8 Å². The van der Waals surface area contributed by atoms with Crippen molar-refractivity contribution in [2.45, 2.75) is 6.92 Å². The average Bonchev–Trinajstić information content (AvgIpc) is 2.32. The molecule has 2 rings (SSSR count). The lowest BCUT2D eigenvalue weighted by molar-refractivity contribution is 0.790. The van der Waals surface area contributed by atoms with E-state index in [-0.39, 0.29) is 0 Å². The van der Waals surface area contributed by atoms with Gasteiger partial charge in [-0.05, 0) is 18.6 Å². The molecule has 1 heterocycles. The summed E-state index contributed by atoms with van der Waals surface area (Å²) >= 11 is 0. The molecule has 0 aliphatic heterocycles. The molecule has 0 amide bonds. The van der Waals surface area contributed by atoms with E-state index in [0.29, 0.717) is 0 Å². The summed E-state index contributed by atoms with van der Waals surface area (Å²) in [5, 5.41) is 5.34. The fourth-order valence-electron chi connectivity index (χ4n) is 1.38. The first-order chi connectivity index (χ1) is 5.70. The van der Waals surface area contributed by atoms with Crippen molar-refractivity contribution in [1.29, 1.82) is 0 Å². The number of hydrogen-bond donors (Lipinski definition) is 1. The Morgan fingerprint density at radius 2 is 2.17 bits per heavy atom. The van der Waals surface area contributed by atoms with Gasteiger partial charge < -0.3 is 5.73 Å². The van der Waals surface area contributed by atoms with Gasteiger partial charge in [-0.15, -0.1) is 0 Å². The molecule has 0 spiro atoms. The lowest BCUT2D eigenvalue weighted by atomic mass is 10.2. The molecule has 12 heavy (non-hydrogen) atoms. The van der Waals surface area contributed by atoms with Gasteiger partial charge in [-0.25, -0.2) is 0 Å². The average molecular weight is 161 g/mol. The molecule has 0 saturated carbocycles. The van der Waals surface area contributed by atoms with Crippen LogP contribution in [0.15, 0.2) is 18.2 Å². The first-order valence-electron chi connectivity index (χ1n) is 3.88. The number of nitrogens with zero attached hydrogens (tertiary/aromatic N) is 2. The second-order valence-corrected chi connectivity index (χ2v) is 2.98. The first kappa shape index (κ1) is 7.16. The predicted molar refractivity (Wildman–Crippen MR) is 49.9 cm³/mol. The van der Waals surface area contributed by atoms with Gasteiger partial charge in [-0.1, -0.05) is 12.1 Å². The van der Waals surface area contributed by atoms with E-state index in [1.54, 1.807) is 4.68 Å². The smallest absolute Gasteiger partial charge is 0.129 e. The first-order valence-corrected chi connectivity index (χ1v) is 3.88. The molecule has 0 aliphatic rings. The Hall–Kier alpha value is -1.51. The number of anilines is 1. The maximum absolute atomic E-state index is 5.81. The second kappa shape index (κ2) is 2.24. The van der Waals surface area contributed by atoms with Crippen LogP contribution >= 0.6 is 0 Å². The van der Waals surface area contributed by atoms with Crippen LogP contribution in [0.4, 0.5) is 5.82 Å². The largest absolute Gasteiger partial charge is 0.383 e. The second-order valence-electron chi connectivity index (χ2n) is 2.98. The molecule has 2 N–H and O–H groups in total. The summed E-state index contributed by atoms with van der Waals surface area (Å²) in [5.74, 6) is 0.730. The minimum Gasteiger partial charge on any atom is -0.383 e. The van der Waals surface area contributed by atoms with Crippen LogP contribution in [0, 0.1) is 6.92 Å². The fraction of sp³-hybridized carbons (Fsp3) is 0.222. The highest BCUT2D eigenvalue weighted by atomic mass is 15.3. The summed E-state index contributed by atoms with van der Waals surface area (Å²) in [5.41, 5.74) is 7.97. The van der Waals surface area contributed by atoms with E-state index in [4.69, 9.17) is 5.73 Å². The van der Waals surface area contributed by atoms with Crippen molar-refractivity contribution >= 4 is 16.7 Å². The fourth-order valence-corrected chi connectivity index (χ4v) is 1.38. The zero-order valence-electron chi connectivity index (χ0n) is 7.20. The molecule has 0 saturated heterocycles. The molecule has 3 nitrogen and oxygen atoms in total. The number of benzene rings is 1.